The second kappa shape index (κ2) is 12.0. The standard InChI is InChI=1S/C29H39F4N3O5/c1-40-17-20-15-36(27(39)28(30)8-11-35(18-28)22-6-12-41-13-7-22)16-24(20)23-3-2-21(29(31,32)33)14-25(23)34-9-4-19(5-10-34)26(37)38/h2-3,14,19-20,22,24H,4-13,15-18H2,1H3,(H,37,38)/t20-,24+,28-/m1/s1. The molecule has 1 aromatic rings. The van der Waals surface area contributed by atoms with Gasteiger partial charge in [0.2, 0.25) is 5.67 Å². The van der Waals surface area contributed by atoms with E-state index in [1.54, 1.807) is 0 Å². The number of halogens is 4. The van der Waals surface area contributed by atoms with Crippen molar-refractivity contribution in [1.82, 2.24) is 9.80 Å². The number of alkyl halides is 4. The third kappa shape index (κ3) is 6.34. The predicted octanol–water partition coefficient (Wildman–Crippen LogP) is 3.79. The summed E-state index contributed by atoms with van der Waals surface area (Å²) in [6.07, 6.45) is -2.15. The highest BCUT2D eigenvalue weighted by molar-refractivity contribution is 5.86. The topological polar surface area (TPSA) is 82.6 Å². The molecular weight excluding hydrogens is 546 g/mol. The molecule has 1 amide bonds. The number of hydrogen-bond donors (Lipinski definition) is 1. The molecule has 5 rings (SSSR count). The zero-order valence-electron chi connectivity index (χ0n) is 23.4. The minimum atomic E-state index is -4.55. The monoisotopic (exact) mass is 585 g/mol. The molecule has 4 aliphatic rings. The van der Waals surface area contributed by atoms with E-state index in [1.807, 2.05) is 4.90 Å². The molecule has 4 saturated heterocycles. The lowest BCUT2D eigenvalue weighted by Crippen LogP contribution is -2.48. The van der Waals surface area contributed by atoms with E-state index in [1.165, 1.54) is 18.1 Å². The third-order valence-corrected chi connectivity index (χ3v) is 9.39. The summed E-state index contributed by atoms with van der Waals surface area (Å²) in [4.78, 5) is 30.5. The SMILES string of the molecule is COC[C@H]1CN(C(=O)[C@@]2(F)CCN(C3CCOCC3)C2)C[C@@H]1c1ccc(C(F)(F)F)cc1N1CCC(C(=O)O)CC1. The van der Waals surface area contributed by atoms with Crippen molar-refractivity contribution in [3.05, 3.63) is 29.3 Å². The number of carbonyl (C=O) groups excluding carboxylic acids is 1. The number of aliphatic carboxylic acids is 1. The Morgan fingerprint density at radius 3 is 2.44 bits per heavy atom. The van der Waals surface area contributed by atoms with Crippen molar-refractivity contribution < 1.29 is 41.7 Å². The number of rotatable bonds is 7. The largest absolute Gasteiger partial charge is 0.481 e. The number of nitrogens with zero attached hydrogens (tertiary/aromatic N) is 3. The van der Waals surface area contributed by atoms with E-state index in [0.717, 1.165) is 25.0 Å². The fraction of sp³-hybridized carbons (Fsp3) is 0.724. The first-order valence-electron chi connectivity index (χ1n) is 14.5. The molecule has 12 heteroatoms. The van der Waals surface area contributed by atoms with Crippen molar-refractivity contribution in [3.8, 4) is 0 Å². The first-order valence-corrected chi connectivity index (χ1v) is 14.5. The van der Waals surface area contributed by atoms with Crippen LogP contribution in [0, 0.1) is 11.8 Å². The average molecular weight is 586 g/mol. The van der Waals surface area contributed by atoms with Gasteiger partial charge in [-0.1, -0.05) is 6.07 Å². The Balaban J connectivity index is 1.38. The van der Waals surface area contributed by atoms with Gasteiger partial charge in [0.1, 0.15) is 0 Å². The predicted molar refractivity (Wildman–Crippen MR) is 143 cm³/mol. The van der Waals surface area contributed by atoms with Crippen LogP contribution >= 0.6 is 0 Å². The summed E-state index contributed by atoms with van der Waals surface area (Å²) < 4.78 is 68.3. The molecule has 3 atom stereocenters. The second-order valence-electron chi connectivity index (χ2n) is 11.9. The molecule has 0 spiro atoms. The first-order chi connectivity index (χ1) is 19.5. The number of carboxylic acids is 1. The summed E-state index contributed by atoms with van der Waals surface area (Å²) in [5.74, 6) is -2.58. The first kappa shape index (κ1) is 30.0. The molecule has 1 N–H and O–H groups in total. The number of carboxylic acid groups (broad SMARTS) is 1. The lowest BCUT2D eigenvalue weighted by Gasteiger charge is -2.35. The van der Waals surface area contributed by atoms with Crippen molar-refractivity contribution in [3.63, 3.8) is 0 Å². The smallest absolute Gasteiger partial charge is 0.416 e. The number of likely N-dealkylation sites (tertiary alicyclic amines) is 2. The maximum atomic E-state index is 16.2. The fourth-order valence-corrected chi connectivity index (χ4v) is 7.07. The molecular formula is C29H39F4N3O5. The molecule has 41 heavy (non-hydrogen) atoms. The van der Waals surface area contributed by atoms with Gasteiger partial charge in [-0.3, -0.25) is 14.5 Å². The maximum Gasteiger partial charge on any atom is 0.416 e. The van der Waals surface area contributed by atoms with E-state index in [2.05, 4.69) is 4.90 Å². The van der Waals surface area contributed by atoms with E-state index < -0.39 is 35.2 Å². The average Bonchev–Trinajstić information content (AvgIpc) is 3.57. The minimum absolute atomic E-state index is 0.0384. The van der Waals surface area contributed by atoms with Crippen LogP contribution in [0.5, 0.6) is 0 Å². The van der Waals surface area contributed by atoms with Crippen LogP contribution in [0.25, 0.3) is 0 Å². The molecule has 4 heterocycles. The van der Waals surface area contributed by atoms with Crippen molar-refractivity contribution in [2.24, 2.45) is 11.8 Å². The number of benzene rings is 1. The van der Waals surface area contributed by atoms with Crippen LogP contribution in [0.2, 0.25) is 0 Å². The molecule has 0 aliphatic carbocycles. The van der Waals surface area contributed by atoms with Gasteiger partial charge in [-0.15, -0.1) is 0 Å². The fourth-order valence-electron chi connectivity index (χ4n) is 7.07. The third-order valence-electron chi connectivity index (χ3n) is 9.39. The molecule has 4 aliphatic heterocycles. The number of piperidine rings is 1. The highest BCUT2D eigenvalue weighted by atomic mass is 19.4. The van der Waals surface area contributed by atoms with E-state index in [9.17, 15) is 27.9 Å². The Bertz CT molecular complexity index is 1110. The van der Waals surface area contributed by atoms with E-state index in [-0.39, 0.29) is 50.5 Å². The molecule has 4 fully saturated rings. The maximum absolute atomic E-state index is 16.2. The van der Waals surface area contributed by atoms with Crippen molar-refractivity contribution in [2.45, 2.75) is 55.9 Å². The van der Waals surface area contributed by atoms with Crippen LogP contribution in [-0.4, -0.2) is 105 Å². The van der Waals surface area contributed by atoms with E-state index in [0.29, 0.717) is 56.9 Å². The van der Waals surface area contributed by atoms with Gasteiger partial charge in [0, 0.05) is 89.6 Å². The van der Waals surface area contributed by atoms with Crippen molar-refractivity contribution in [1.29, 1.82) is 0 Å². The van der Waals surface area contributed by atoms with Gasteiger partial charge in [0.25, 0.3) is 5.91 Å². The van der Waals surface area contributed by atoms with Crippen LogP contribution < -0.4 is 4.90 Å². The molecule has 0 bridgehead atoms. The lowest BCUT2D eigenvalue weighted by molar-refractivity contribution is -0.143. The lowest BCUT2D eigenvalue weighted by atomic mass is 9.86. The van der Waals surface area contributed by atoms with Gasteiger partial charge in [0.05, 0.1) is 18.1 Å². The summed E-state index contributed by atoms with van der Waals surface area (Å²) >= 11 is 0. The normalized spacial score (nSPS) is 28.9. The summed E-state index contributed by atoms with van der Waals surface area (Å²) in [5.41, 5.74) is -1.75. The van der Waals surface area contributed by atoms with Crippen LogP contribution in [0.3, 0.4) is 0 Å². The van der Waals surface area contributed by atoms with Gasteiger partial charge in [0.15, 0.2) is 0 Å². The number of methoxy groups -OCH3 is 1. The van der Waals surface area contributed by atoms with E-state index >= 15 is 4.39 Å². The van der Waals surface area contributed by atoms with E-state index in [4.69, 9.17) is 9.47 Å². The summed E-state index contributed by atoms with van der Waals surface area (Å²) in [5, 5.41) is 9.39. The van der Waals surface area contributed by atoms with Crippen LogP contribution in [0.15, 0.2) is 18.2 Å². The molecule has 0 unspecified atom stereocenters. The Labute approximate surface area is 237 Å². The zero-order chi connectivity index (χ0) is 29.4. The molecule has 8 nitrogen and oxygen atoms in total. The van der Waals surface area contributed by atoms with Gasteiger partial charge in [-0.05, 0) is 43.4 Å². The number of carbonyl (C=O) groups is 2. The van der Waals surface area contributed by atoms with Crippen LogP contribution in [-0.2, 0) is 25.2 Å². The molecule has 228 valence electrons. The van der Waals surface area contributed by atoms with Crippen molar-refractivity contribution in [2.75, 3.05) is 71.1 Å². The molecule has 0 radical (unpaired) electrons. The summed E-state index contributed by atoms with van der Waals surface area (Å²) in [7, 11) is 1.53. The van der Waals surface area contributed by atoms with Crippen LogP contribution in [0.4, 0.5) is 23.2 Å². The second-order valence-corrected chi connectivity index (χ2v) is 11.9. The minimum Gasteiger partial charge on any atom is -0.481 e. The van der Waals surface area contributed by atoms with Gasteiger partial charge < -0.3 is 24.4 Å². The Hall–Kier alpha value is -2.44. The number of anilines is 1. The Morgan fingerprint density at radius 2 is 1.80 bits per heavy atom. The van der Waals surface area contributed by atoms with Gasteiger partial charge in [-0.2, -0.15) is 13.2 Å². The summed E-state index contributed by atoms with van der Waals surface area (Å²) in [6, 6.07) is 3.85. The summed E-state index contributed by atoms with van der Waals surface area (Å²) in [6.45, 7) is 3.12. The number of amides is 1. The zero-order valence-corrected chi connectivity index (χ0v) is 23.4. The van der Waals surface area contributed by atoms with Gasteiger partial charge >= 0.3 is 12.1 Å². The molecule has 0 aromatic heterocycles. The highest BCUT2D eigenvalue weighted by Gasteiger charge is 2.51. The quantitative estimate of drug-likeness (QED) is 0.488. The van der Waals surface area contributed by atoms with Gasteiger partial charge in [-0.25, -0.2) is 4.39 Å². The highest BCUT2D eigenvalue weighted by Crippen LogP contribution is 2.43. The molecule has 1 aromatic carbocycles. The Kier molecular flexibility index (Phi) is 8.82. The number of hydrogen-bond acceptors (Lipinski definition) is 6. The van der Waals surface area contributed by atoms with Crippen molar-refractivity contribution >= 4 is 17.6 Å². The molecule has 0 saturated carbocycles. The van der Waals surface area contributed by atoms with Crippen LogP contribution in [0.1, 0.15) is 49.1 Å². The number of ether oxygens (including phenoxy) is 2. The Morgan fingerprint density at radius 1 is 1.10 bits per heavy atom.